The van der Waals surface area contributed by atoms with Crippen LogP contribution in [0.4, 0.5) is 0 Å². The molecule has 0 spiro atoms. The second kappa shape index (κ2) is 3.58. The van der Waals surface area contributed by atoms with Crippen LogP contribution < -0.4 is 5.73 Å². The van der Waals surface area contributed by atoms with E-state index in [1.54, 1.807) is 0 Å². The van der Waals surface area contributed by atoms with Gasteiger partial charge < -0.3 is 10.7 Å². The fourth-order valence-electron chi connectivity index (χ4n) is 1.42. The minimum Gasteiger partial charge on any atom is -0.360 e. The lowest BCUT2D eigenvalue weighted by Gasteiger charge is -1.98. The van der Waals surface area contributed by atoms with Gasteiger partial charge in [-0.05, 0) is 37.1 Å². The summed E-state index contributed by atoms with van der Waals surface area (Å²) >= 11 is 0. The largest absolute Gasteiger partial charge is 0.360 e. The number of nitrogens with zero attached hydrogens (tertiary/aromatic N) is 1. The summed E-state index contributed by atoms with van der Waals surface area (Å²) in [4.78, 5) is 7.46. The van der Waals surface area contributed by atoms with Crippen molar-refractivity contribution in [3.63, 3.8) is 0 Å². The second-order valence-electron chi connectivity index (χ2n) is 3.15. The Labute approximate surface area is 77.0 Å². The molecule has 13 heavy (non-hydrogen) atoms. The minimum absolute atomic E-state index is 0.739. The Bertz CT molecular complexity index is 392. The van der Waals surface area contributed by atoms with Crippen molar-refractivity contribution in [1.82, 2.24) is 9.97 Å². The van der Waals surface area contributed by atoms with Gasteiger partial charge in [-0.25, -0.2) is 0 Å². The number of fused-ring (bicyclic) bond motifs is 1. The van der Waals surface area contributed by atoms with Gasteiger partial charge in [-0.1, -0.05) is 0 Å². The summed E-state index contributed by atoms with van der Waals surface area (Å²) in [6.07, 6.45) is 5.86. The molecule has 2 heterocycles. The van der Waals surface area contributed by atoms with Gasteiger partial charge in [0.2, 0.25) is 0 Å². The number of hydrogen-bond donors (Lipinski definition) is 2. The van der Waals surface area contributed by atoms with Crippen LogP contribution in [0.15, 0.2) is 24.5 Å². The zero-order valence-corrected chi connectivity index (χ0v) is 7.46. The number of nitrogens with two attached hydrogens (primary N) is 1. The molecule has 3 N–H and O–H groups in total. The highest BCUT2D eigenvalue weighted by Gasteiger charge is 1.97. The third-order valence-corrected chi connectivity index (χ3v) is 2.12. The zero-order chi connectivity index (χ0) is 9.10. The van der Waals surface area contributed by atoms with E-state index in [4.69, 9.17) is 5.73 Å². The van der Waals surface area contributed by atoms with Crippen molar-refractivity contribution in [2.45, 2.75) is 12.8 Å². The van der Waals surface area contributed by atoms with E-state index in [1.807, 2.05) is 18.5 Å². The van der Waals surface area contributed by atoms with Gasteiger partial charge >= 0.3 is 0 Å². The number of H-pyrrole nitrogens is 1. The normalized spacial score (nSPS) is 10.8. The molecule has 2 aromatic rings. The Balaban J connectivity index is 2.26. The summed E-state index contributed by atoms with van der Waals surface area (Å²) in [5, 5.41) is 0. The first kappa shape index (κ1) is 8.26. The molecule has 0 aliphatic rings. The van der Waals surface area contributed by atoms with Gasteiger partial charge in [-0.15, -0.1) is 0 Å². The van der Waals surface area contributed by atoms with Crippen molar-refractivity contribution in [3.8, 4) is 0 Å². The third kappa shape index (κ3) is 1.70. The molecule has 0 saturated carbocycles. The van der Waals surface area contributed by atoms with Crippen molar-refractivity contribution in [2.75, 3.05) is 6.54 Å². The van der Waals surface area contributed by atoms with Crippen LogP contribution in [-0.4, -0.2) is 16.5 Å². The predicted octanol–water partition coefficient (Wildman–Crippen LogP) is 1.45. The maximum atomic E-state index is 5.44. The first-order chi connectivity index (χ1) is 6.40. The van der Waals surface area contributed by atoms with E-state index < -0.39 is 0 Å². The fraction of sp³-hybridized carbons (Fsp3) is 0.300. The number of hydrogen-bond acceptors (Lipinski definition) is 2. The Morgan fingerprint density at radius 1 is 1.46 bits per heavy atom. The Hall–Kier alpha value is -1.35. The fourth-order valence-corrected chi connectivity index (χ4v) is 1.42. The molecule has 2 aromatic heterocycles. The highest BCUT2D eigenvalue weighted by molar-refractivity contribution is 5.74. The molecule has 0 saturated heterocycles. The molecule has 0 aliphatic heterocycles. The SMILES string of the molecule is NCCCc1cnc2cc[nH]c2c1. The molecular weight excluding hydrogens is 162 g/mol. The Kier molecular flexibility index (Phi) is 2.27. The summed E-state index contributed by atoms with van der Waals surface area (Å²) in [6, 6.07) is 4.11. The van der Waals surface area contributed by atoms with Crippen LogP contribution in [0.25, 0.3) is 11.0 Å². The van der Waals surface area contributed by atoms with Crippen LogP contribution in [0.1, 0.15) is 12.0 Å². The van der Waals surface area contributed by atoms with Crippen LogP contribution in [0.5, 0.6) is 0 Å². The van der Waals surface area contributed by atoms with Crippen LogP contribution in [-0.2, 0) is 6.42 Å². The van der Waals surface area contributed by atoms with Crippen molar-refractivity contribution < 1.29 is 0 Å². The van der Waals surface area contributed by atoms with E-state index in [1.165, 1.54) is 5.56 Å². The molecule has 0 fully saturated rings. The number of aryl methyl sites for hydroxylation is 1. The van der Waals surface area contributed by atoms with Crippen LogP contribution in [0.3, 0.4) is 0 Å². The average Bonchev–Trinajstić information content (AvgIpc) is 2.61. The van der Waals surface area contributed by atoms with Gasteiger partial charge in [0, 0.05) is 12.4 Å². The maximum absolute atomic E-state index is 5.44. The molecular formula is C10H13N3. The van der Waals surface area contributed by atoms with Crippen molar-refractivity contribution in [2.24, 2.45) is 5.73 Å². The molecule has 3 heteroatoms. The summed E-state index contributed by atoms with van der Waals surface area (Å²) in [6.45, 7) is 0.739. The predicted molar refractivity (Wildman–Crippen MR) is 53.5 cm³/mol. The van der Waals surface area contributed by atoms with Gasteiger partial charge in [0.05, 0.1) is 11.0 Å². The second-order valence-corrected chi connectivity index (χ2v) is 3.15. The molecule has 0 unspecified atom stereocenters. The molecule has 3 nitrogen and oxygen atoms in total. The lowest BCUT2D eigenvalue weighted by Crippen LogP contribution is -2.00. The van der Waals surface area contributed by atoms with Crippen molar-refractivity contribution >= 4 is 11.0 Å². The maximum Gasteiger partial charge on any atom is 0.0878 e. The van der Waals surface area contributed by atoms with Gasteiger partial charge in [0.15, 0.2) is 0 Å². The molecule has 0 amide bonds. The standard InChI is InChI=1S/C10H13N3/c11-4-1-2-8-6-10-9(13-7-8)3-5-12-10/h3,5-7,12H,1-2,4,11H2. The van der Waals surface area contributed by atoms with E-state index in [0.717, 1.165) is 30.4 Å². The summed E-state index contributed by atoms with van der Waals surface area (Å²) < 4.78 is 0. The average molecular weight is 175 g/mol. The van der Waals surface area contributed by atoms with E-state index in [0.29, 0.717) is 0 Å². The van der Waals surface area contributed by atoms with E-state index in [2.05, 4.69) is 16.0 Å². The van der Waals surface area contributed by atoms with E-state index in [-0.39, 0.29) is 0 Å². The van der Waals surface area contributed by atoms with E-state index in [9.17, 15) is 0 Å². The summed E-state index contributed by atoms with van der Waals surface area (Å²) in [5.74, 6) is 0. The highest BCUT2D eigenvalue weighted by atomic mass is 14.7. The van der Waals surface area contributed by atoms with Gasteiger partial charge in [0.1, 0.15) is 0 Å². The highest BCUT2D eigenvalue weighted by Crippen LogP contribution is 2.11. The monoisotopic (exact) mass is 175 g/mol. The Morgan fingerprint density at radius 2 is 2.38 bits per heavy atom. The third-order valence-electron chi connectivity index (χ3n) is 2.12. The number of rotatable bonds is 3. The molecule has 0 radical (unpaired) electrons. The molecule has 0 aliphatic carbocycles. The van der Waals surface area contributed by atoms with Crippen LogP contribution in [0.2, 0.25) is 0 Å². The molecule has 2 rings (SSSR count). The first-order valence-corrected chi connectivity index (χ1v) is 4.52. The number of pyridine rings is 1. The quantitative estimate of drug-likeness (QED) is 0.741. The minimum atomic E-state index is 0.739. The van der Waals surface area contributed by atoms with Gasteiger partial charge in [-0.3, -0.25) is 4.98 Å². The molecule has 0 atom stereocenters. The number of aromatic nitrogens is 2. The van der Waals surface area contributed by atoms with E-state index >= 15 is 0 Å². The number of nitrogens with one attached hydrogen (secondary N) is 1. The number of aromatic amines is 1. The van der Waals surface area contributed by atoms with Crippen molar-refractivity contribution in [1.29, 1.82) is 0 Å². The first-order valence-electron chi connectivity index (χ1n) is 4.52. The smallest absolute Gasteiger partial charge is 0.0878 e. The van der Waals surface area contributed by atoms with Crippen molar-refractivity contribution in [3.05, 3.63) is 30.1 Å². The molecule has 0 bridgehead atoms. The van der Waals surface area contributed by atoms with Gasteiger partial charge in [0.25, 0.3) is 0 Å². The molecule has 0 aromatic carbocycles. The Morgan fingerprint density at radius 3 is 3.23 bits per heavy atom. The van der Waals surface area contributed by atoms with Gasteiger partial charge in [-0.2, -0.15) is 0 Å². The van der Waals surface area contributed by atoms with Crippen LogP contribution >= 0.6 is 0 Å². The lowest BCUT2D eigenvalue weighted by molar-refractivity contribution is 0.830. The van der Waals surface area contributed by atoms with Crippen LogP contribution in [0, 0.1) is 0 Å². The topological polar surface area (TPSA) is 54.7 Å². The zero-order valence-electron chi connectivity index (χ0n) is 7.46. The molecule has 68 valence electrons. The summed E-state index contributed by atoms with van der Waals surface area (Å²) in [5.41, 5.74) is 8.82. The summed E-state index contributed by atoms with van der Waals surface area (Å²) in [7, 11) is 0. The lowest BCUT2D eigenvalue weighted by atomic mass is 10.1.